The van der Waals surface area contributed by atoms with Crippen LogP contribution in [0.15, 0.2) is 36.5 Å². The molecule has 174 valence electrons. The van der Waals surface area contributed by atoms with Crippen molar-refractivity contribution >= 4 is 23.3 Å². The van der Waals surface area contributed by atoms with Gasteiger partial charge in [0.05, 0.1) is 5.92 Å². The van der Waals surface area contributed by atoms with Crippen LogP contribution in [0.25, 0.3) is 0 Å². The molecule has 33 heavy (non-hydrogen) atoms. The Hall–Kier alpha value is -3.33. The van der Waals surface area contributed by atoms with Crippen LogP contribution in [0.3, 0.4) is 0 Å². The number of likely N-dealkylation sites (N-methyl/N-ethyl adjacent to an activating group) is 1. The monoisotopic (exact) mass is 451 g/mol. The van der Waals surface area contributed by atoms with Gasteiger partial charge in [0.15, 0.2) is 11.5 Å². The molecule has 5 rings (SSSR count). The number of pyridine rings is 1. The molecular weight excluding hydrogens is 422 g/mol. The van der Waals surface area contributed by atoms with Gasteiger partial charge in [-0.3, -0.25) is 9.59 Å². The van der Waals surface area contributed by atoms with Gasteiger partial charge in [0.2, 0.25) is 11.8 Å². The van der Waals surface area contributed by atoms with Crippen LogP contribution >= 0.6 is 0 Å². The van der Waals surface area contributed by atoms with Gasteiger partial charge in [-0.25, -0.2) is 4.98 Å². The van der Waals surface area contributed by atoms with Gasteiger partial charge in [-0.1, -0.05) is 6.07 Å². The third-order valence-electron chi connectivity index (χ3n) is 6.44. The van der Waals surface area contributed by atoms with Crippen LogP contribution in [-0.4, -0.2) is 74.7 Å². The number of rotatable bonds is 5. The fourth-order valence-corrected chi connectivity index (χ4v) is 4.41. The van der Waals surface area contributed by atoms with E-state index in [9.17, 15) is 9.59 Å². The van der Waals surface area contributed by atoms with Crippen molar-refractivity contribution < 1.29 is 19.1 Å². The van der Waals surface area contributed by atoms with Crippen molar-refractivity contribution in [3.05, 3.63) is 42.1 Å². The summed E-state index contributed by atoms with van der Waals surface area (Å²) in [6, 6.07) is 9.46. The summed E-state index contributed by atoms with van der Waals surface area (Å²) in [6.07, 6.45) is 2.01. The second-order valence-electron chi connectivity index (χ2n) is 8.77. The molecule has 2 amide bonds. The van der Waals surface area contributed by atoms with Gasteiger partial charge in [0.25, 0.3) is 0 Å². The summed E-state index contributed by atoms with van der Waals surface area (Å²) in [4.78, 5) is 36.2. The molecule has 0 spiro atoms. The molecule has 1 aromatic carbocycles. The lowest BCUT2D eigenvalue weighted by molar-refractivity contribution is -0.126. The average Bonchev–Trinajstić information content (AvgIpc) is 3.25. The van der Waals surface area contributed by atoms with Gasteiger partial charge in [-0.05, 0) is 30.8 Å². The van der Waals surface area contributed by atoms with Gasteiger partial charge in [-0.15, -0.1) is 0 Å². The zero-order chi connectivity index (χ0) is 22.8. The number of nitrogens with one attached hydrogen (secondary N) is 1. The number of nitrogens with zero attached hydrogens (tertiary/aromatic N) is 4. The number of hydrogen-bond acceptors (Lipinski definition) is 7. The smallest absolute Gasteiger partial charge is 0.227 e. The largest absolute Gasteiger partial charge is 0.486 e. The van der Waals surface area contributed by atoms with Crippen LogP contribution < -0.4 is 24.6 Å². The normalized spacial score (nSPS) is 20.8. The van der Waals surface area contributed by atoms with Crippen molar-refractivity contribution in [2.75, 3.05) is 62.8 Å². The summed E-state index contributed by atoms with van der Waals surface area (Å²) in [6.45, 7) is 5.75. The minimum absolute atomic E-state index is 0.0648. The number of carbonyl (C=O) groups excluding carboxylic acids is 2. The standard InChI is InChI=1S/C24H29N5O4/c1-27-6-8-28(9-7-27)22-5-2-17(14-25-22)15-26-24(31)18-12-23(30)29(16-18)19-3-4-20-21(13-19)33-11-10-32-20/h2-5,13-14,18H,6-12,15-16H2,1H3,(H,26,31). The van der Waals surface area contributed by atoms with E-state index in [0.717, 1.165) is 43.2 Å². The topological polar surface area (TPSA) is 87.2 Å². The minimum Gasteiger partial charge on any atom is -0.486 e. The molecule has 1 atom stereocenters. The van der Waals surface area contributed by atoms with Crippen molar-refractivity contribution in [3.8, 4) is 11.5 Å². The maximum atomic E-state index is 12.8. The molecule has 1 N–H and O–H groups in total. The second-order valence-corrected chi connectivity index (χ2v) is 8.77. The summed E-state index contributed by atoms with van der Waals surface area (Å²) < 4.78 is 11.2. The molecule has 2 fully saturated rings. The highest BCUT2D eigenvalue weighted by atomic mass is 16.6. The van der Waals surface area contributed by atoms with E-state index < -0.39 is 0 Å². The average molecular weight is 452 g/mol. The number of fused-ring (bicyclic) bond motifs is 1. The molecule has 0 saturated carbocycles. The third kappa shape index (κ3) is 4.73. The number of anilines is 2. The quantitative estimate of drug-likeness (QED) is 0.733. The first kappa shape index (κ1) is 21.5. The van der Waals surface area contributed by atoms with Crippen LogP contribution in [0, 0.1) is 5.92 Å². The number of aromatic nitrogens is 1. The molecule has 3 aliphatic rings. The Bertz CT molecular complexity index is 1020. The van der Waals surface area contributed by atoms with Gasteiger partial charge < -0.3 is 29.5 Å². The lowest BCUT2D eigenvalue weighted by atomic mass is 10.1. The SMILES string of the molecule is CN1CCN(c2ccc(CNC(=O)C3CC(=O)N(c4ccc5c(c4)OCCO5)C3)cn2)CC1. The van der Waals surface area contributed by atoms with Crippen LogP contribution in [0.2, 0.25) is 0 Å². The zero-order valence-electron chi connectivity index (χ0n) is 18.8. The van der Waals surface area contributed by atoms with Gasteiger partial charge >= 0.3 is 0 Å². The van der Waals surface area contributed by atoms with Crippen molar-refractivity contribution in [1.29, 1.82) is 0 Å². The Morgan fingerprint density at radius 2 is 1.88 bits per heavy atom. The maximum Gasteiger partial charge on any atom is 0.227 e. The van der Waals surface area contributed by atoms with Crippen LogP contribution in [0.5, 0.6) is 11.5 Å². The van der Waals surface area contributed by atoms with Gasteiger partial charge in [0, 0.05) is 63.6 Å². The molecule has 0 radical (unpaired) electrons. The van der Waals surface area contributed by atoms with E-state index in [1.54, 1.807) is 11.0 Å². The lowest BCUT2D eigenvalue weighted by Gasteiger charge is -2.33. The summed E-state index contributed by atoms with van der Waals surface area (Å²) in [7, 11) is 2.13. The summed E-state index contributed by atoms with van der Waals surface area (Å²) >= 11 is 0. The molecular formula is C24H29N5O4. The number of ether oxygens (including phenoxy) is 2. The predicted octanol–water partition coefficient (Wildman–Crippen LogP) is 1.27. The van der Waals surface area contributed by atoms with Crippen molar-refractivity contribution in [1.82, 2.24) is 15.2 Å². The van der Waals surface area contributed by atoms with E-state index >= 15 is 0 Å². The Labute approximate surface area is 193 Å². The molecule has 1 unspecified atom stereocenters. The van der Waals surface area contributed by atoms with Crippen molar-refractivity contribution in [2.45, 2.75) is 13.0 Å². The molecule has 2 aromatic rings. The van der Waals surface area contributed by atoms with Crippen LogP contribution in [0.1, 0.15) is 12.0 Å². The van der Waals surface area contributed by atoms with Crippen LogP contribution in [0.4, 0.5) is 11.5 Å². The van der Waals surface area contributed by atoms with E-state index in [1.807, 2.05) is 30.5 Å². The fraction of sp³-hybridized carbons (Fsp3) is 0.458. The van der Waals surface area contributed by atoms with Crippen LogP contribution in [-0.2, 0) is 16.1 Å². The molecule has 1 aromatic heterocycles. The molecule has 3 aliphatic heterocycles. The van der Waals surface area contributed by atoms with Crippen molar-refractivity contribution in [2.24, 2.45) is 5.92 Å². The zero-order valence-corrected chi connectivity index (χ0v) is 18.8. The molecule has 9 heteroatoms. The van der Waals surface area contributed by atoms with E-state index in [2.05, 4.69) is 27.1 Å². The van der Waals surface area contributed by atoms with Gasteiger partial charge in [0.1, 0.15) is 19.0 Å². The first-order valence-electron chi connectivity index (χ1n) is 11.4. The van der Waals surface area contributed by atoms with E-state index in [0.29, 0.717) is 37.8 Å². The molecule has 0 aliphatic carbocycles. The Morgan fingerprint density at radius 1 is 1.09 bits per heavy atom. The molecule has 9 nitrogen and oxygen atoms in total. The minimum atomic E-state index is -0.386. The fourth-order valence-electron chi connectivity index (χ4n) is 4.41. The second kappa shape index (κ2) is 9.27. The third-order valence-corrected chi connectivity index (χ3v) is 6.44. The molecule has 2 saturated heterocycles. The molecule has 0 bridgehead atoms. The van der Waals surface area contributed by atoms with Gasteiger partial charge in [-0.2, -0.15) is 0 Å². The Kier molecular flexibility index (Phi) is 6.04. The summed E-state index contributed by atoms with van der Waals surface area (Å²) in [5.74, 6) is 1.71. The summed E-state index contributed by atoms with van der Waals surface area (Å²) in [5, 5.41) is 2.97. The summed E-state index contributed by atoms with van der Waals surface area (Å²) in [5.41, 5.74) is 1.66. The first-order valence-corrected chi connectivity index (χ1v) is 11.4. The van der Waals surface area contributed by atoms with E-state index in [1.165, 1.54) is 0 Å². The van der Waals surface area contributed by atoms with E-state index in [-0.39, 0.29) is 24.2 Å². The number of benzene rings is 1. The van der Waals surface area contributed by atoms with Crippen molar-refractivity contribution in [3.63, 3.8) is 0 Å². The highest BCUT2D eigenvalue weighted by Crippen LogP contribution is 2.36. The number of carbonyl (C=O) groups is 2. The number of piperazine rings is 1. The number of amides is 2. The molecule has 4 heterocycles. The maximum absolute atomic E-state index is 12.8. The highest BCUT2D eigenvalue weighted by molar-refractivity contribution is 6.00. The lowest BCUT2D eigenvalue weighted by Crippen LogP contribution is -2.44. The highest BCUT2D eigenvalue weighted by Gasteiger charge is 2.35. The predicted molar refractivity (Wildman–Crippen MR) is 124 cm³/mol. The first-order chi connectivity index (χ1) is 16.1. The van der Waals surface area contributed by atoms with E-state index in [4.69, 9.17) is 9.47 Å². The Balaban J connectivity index is 1.15. The Morgan fingerprint density at radius 3 is 2.64 bits per heavy atom. The number of hydrogen-bond donors (Lipinski definition) is 1.